The van der Waals surface area contributed by atoms with E-state index >= 15 is 0 Å². The van der Waals surface area contributed by atoms with E-state index in [0.717, 1.165) is 11.1 Å². The Bertz CT molecular complexity index is 826. The summed E-state index contributed by atoms with van der Waals surface area (Å²) in [6.45, 7) is 0.215. The van der Waals surface area contributed by atoms with Crippen molar-refractivity contribution < 1.29 is 23.9 Å². The average molecular weight is 364 g/mol. The van der Waals surface area contributed by atoms with Gasteiger partial charge < -0.3 is 9.47 Å². The number of allylic oxidation sites excluding steroid dienone is 1. The maximum atomic E-state index is 12.5. The second-order valence-corrected chi connectivity index (χ2v) is 6.33. The van der Waals surface area contributed by atoms with E-state index in [2.05, 4.69) is 0 Å². The summed E-state index contributed by atoms with van der Waals surface area (Å²) in [5, 5.41) is 0. The summed E-state index contributed by atoms with van der Waals surface area (Å²) < 4.78 is 10.7. The fourth-order valence-corrected chi connectivity index (χ4v) is 3.07. The highest BCUT2D eigenvalue weighted by atomic mass is 16.5. The van der Waals surface area contributed by atoms with Crippen LogP contribution < -0.4 is 0 Å². The molecule has 0 saturated heterocycles. The molecule has 0 radical (unpaired) electrons. The zero-order chi connectivity index (χ0) is 19.1. The third kappa shape index (κ3) is 4.70. The topological polar surface area (TPSA) is 69.7 Å². The van der Waals surface area contributed by atoms with E-state index < -0.39 is 23.8 Å². The summed E-state index contributed by atoms with van der Waals surface area (Å²) in [4.78, 5) is 36.4. The number of ether oxygens (including phenoxy) is 2. The lowest BCUT2D eigenvalue weighted by molar-refractivity contribution is -0.160. The van der Waals surface area contributed by atoms with E-state index in [9.17, 15) is 14.4 Å². The summed E-state index contributed by atoms with van der Waals surface area (Å²) in [6, 6.07) is 18.5. The van der Waals surface area contributed by atoms with E-state index in [1.807, 2.05) is 60.7 Å². The minimum absolute atomic E-state index is 0.0914. The summed E-state index contributed by atoms with van der Waals surface area (Å²) in [6.07, 6.45) is 2.50. The van der Waals surface area contributed by atoms with Gasteiger partial charge in [0.15, 0.2) is 0 Å². The molecule has 27 heavy (non-hydrogen) atoms. The molecule has 0 spiro atoms. The molecule has 1 aliphatic rings. The maximum absolute atomic E-state index is 12.5. The highest BCUT2D eigenvalue weighted by molar-refractivity contribution is 5.93. The number of carbonyl (C=O) groups is 3. The van der Waals surface area contributed by atoms with Gasteiger partial charge in [-0.3, -0.25) is 14.4 Å². The SMILES string of the molecule is O=CC1=CC[C@@H](C(=O)OCc2ccccc2)[C@H]1C(=O)OCc1ccccc1. The standard InChI is InChI=1S/C22H20O5/c23-13-18-11-12-19(21(24)26-14-16-7-3-1-4-8-16)20(18)22(25)27-15-17-9-5-2-6-10-17/h1-11,13,19-20H,12,14-15H2/t19-,20+/m1/s1. The number of benzene rings is 2. The van der Waals surface area contributed by atoms with Crippen LogP contribution in [0.2, 0.25) is 0 Å². The van der Waals surface area contributed by atoms with Gasteiger partial charge in [0.1, 0.15) is 19.5 Å². The first-order valence-electron chi connectivity index (χ1n) is 8.75. The first-order chi connectivity index (χ1) is 13.2. The minimum atomic E-state index is -0.922. The third-order valence-electron chi connectivity index (χ3n) is 4.51. The highest BCUT2D eigenvalue weighted by Crippen LogP contribution is 2.33. The molecule has 0 aliphatic heterocycles. The summed E-state index contributed by atoms with van der Waals surface area (Å²) in [7, 11) is 0. The van der Waals surface area contributed by atoms with Crippen molar-refractivity contribution >= 4 is 18.2 Å². The lowest BCUT2D eigenvalue weighted by Gasteiger charge is -2.19. The fourth-order valence-electron chi connectivity index (χ4n) is 3.07. The number of hydrogen-bond donors (Lipinski definition) is 0. The summed E-state index contributed by atoms with van der Waals surface area (Å²) >= 11 is 0. The van der Waals surface area contributed by atoms with Crippen LogP contribution in [0.1, 0.15) is 17.5 Å². The van der Waals surface area contributed by atoms with Gasteiger partial charge in [0.2, 0.25) is 0 Å². The van der Waals surface area contributed by atoms with Gasteiger partial charge in [-0.15, -0.1) is 0 Å². The molecule has 0 unspecified atom stereocenters. The lowest BCUT2D eigenvalue weighted by Crippen LogP contribution is -2.31. The molecule has 1 aliphatic carbocycles. The molecule has 5 heteroatoms. The van der Waals surface area contributed by atoms with Crippen molar-refractivity contribution in [3.63, 3.8) is 0 Å². The molecule has 0 aromatic heterocycles. The lowest BCUT2D eigenvalue weighted by atomic mass is 9.91. The van der Waals surface area contributed by atoms with Crippen LogP contribution in [0.4, 0.5) is 0 Å². The van der Waals surface area contributed by atoms with Crippen molar-refractivity contribution in [2.45, 2.75) is 19.6 Å². The van der Waals surface area contributed by atoms with Crippen LogP contribution in [0, 0.1) is 11.8 Å². The molecule has 2 atom stereocenters. The van der Waals surface area contributed by atoms with Gasteiger partial charge in [-0.05, 0) is 17.5 Å². The quantitative estimate of drug-likeness (QED) is 0.557. The van der Waals surface area contributed by atoms with Crippen LogP contribution in [0.3, 0.4) is 0 Å². The zero-order valence-corrected chi connectivity index (χ0v) is 14.7. The van der Waals surface area contributed by atoms with Crippen molar-refractivity contribution in [1.82, 2.24) is 0 Å². The Morgan fingerprint density at radius 1 is 0.852 bits per heavy atom. The van der Waals surface area contributed by atoms with Crippen LogP contribution >= 0.6 is 0 Å². The van der Waals surface area contributed by atoms with Crippen LogP contribution in [-0.4, -0.2) is 18.2 Å². The Balaban J connectivity index is 1.62. The van der Waals surface area contributed by atoms with Gasteiger partial charge in [0.25, 0.3) is 0 Å². The van der Waals surface area contributed by atoms with Gasteiger partial charge in [0, 0.05) is 5.57 Å². The Hall–Kier alpha value is -3.21. The van der Waals surface area contributed by atoms with Gasteiger partial charge in [0.05, 0.1) is 11.8 Å². The molecule has 3 rings (SSSR count). The molecular weight excluding hydrogens is 344 g/mol. The third-order valence-corrected chi connectivity index (χ3v) is 4.51. The van der Waals surface area contributed by atoms with Gasteiger partial charge >= 0.3 is 11.9 Å². The largest absolute Gasteiger partial charge is 0.461 e. The predicted molar refractivity (Wildman–Crippen MR) is 98.2 cm³/mol. The molecule has 0 bridgehead atoms. The van der Waals surface area contributed by atoms with Gasteiger partial charge in [-0.1, -0.05) is 66.7 Å². The van der Waals surface area contributed by atoms with Crippen molar-refractivity contribution in [2.75, 3.05) is 0 Å². The number of rotatable bonds is 7. The zero-order valence-electron chi connectivity index (χ0n) is 14.7. The first kappa shape index (κ1) is 18.6. The van der Waals surface area contributed by atoms with Gasteiger partial charge in [-0.25, -0.2) is 0 Å². The monoisotopic (exact) mass is 364 g/mol. The van der Waals surface area contributed by atoms with Gasteiger partial charge in [-0.2, -0.15) is 0 Å². The Kier molecular flexibility index (Phi) is 6.15. The van der Waals surface area contributed by atoms with Crippen LogP contribution in [-0.2, 0) is 37.1 Å². The molecule has 0 amide bonds. The molecular formula is C22H20O5. The summed E-state index contributed by atoms with van der Waals surface area (Å²) in [5.74, 6) is -2.75. The first-order valence-corrected chi connectivity index (χ1v) is 8.75. The minimum Gasteiger partial charge on any atom is -0.461 e. The van der Waals surface area contributed by atoms with Crippen molar-refractivity contribution in [3.8, 4) is 0 Å². The number of carbonyl (C=O) groups excluding carboxylic acids is 3. The van der Waals surface area contributed by atoms with Crippen molar-refractivity contribution in [2.24, 2.45) is 11.8 Å². The number of aldehydes is 1. The molecule has 2 aromatic carbocycles. The van der Waals surface area contributed by atoms with Crippen LogP contribution in [0.25, 0.3) is 0 Å². The van der Waals surface area contributed by atoms with E-state index in [1.165, 1.54) is 0 Å². The number of hydrogen-bond acceptors (Lipinski definition) is 5. The fraction of sp³-hybridized carbons (Fsp3) is 0.227. The molecule has 5 nitrogen and oxygen atoms in total. The van der Waals surface area contributed by atoms with Crippen molar-refractivity contribution in [1.29, 1.82) is 0 Å². The molecule has 0 heterocycles. The highest BCUT2D eigenvalue weighted by Gasteiger charge is 2.41. The van der Waals surface area contributed by atoms with Crippen LogP contribution in [0.5, 0.6) is 0 Å². The van der Waals surface area contributed by atoms with E-state index in [4.69, 9.17) is 9.47 Å². The maximum Gasteiger partial charge on any atom is 0.314 e. The Morgan fingerprint density at radius 2 is 1.37 bits per heavy atom. The average Bonchev–Trinajstić information content (AvgIpc) is 3.16. The van der Waals surface area contributed by atoms with E-state index in [1.54, 1.807) is 6.08 Å². The second-order valence-electron chi connectivity index (χ2n) is 6.33. The van der Waals surface area contributed by atoms with E-state index in [-0.39, 0.29) is 25.2 Å². The molecule has 0 saturated carbocycles. The molecule has 0 N–H and O–H groups in total. The molecule has 2 aromatic rings. The second kappa shape index (κ2) is 8.94. The Morgan fingerprint density at radius 3 is 1.89 bits per heavy atom. The van der Waals surface area contributed by atoms with Crippen LogP contribution in [0.15, 0.2) is 72.3 Å². The predicted octanol–water partition coefficient (Wildman–Crippen LogP) is 3.23. The molecule has 0 fully saturated rings. The van der Waals surface area contributed by atoms with Crippen molar-refractivity contribution in [3.05, 3.63) is 83.4 Å². The summed E-state index contributed by atoms with van der Waals surface area (Å²) in [5.41, 5.74) is 1.97. The number of esters is 2. The normalized spacial score (nSPS) is 18.4. The Labute approximate surface area is 157 Å². The van der Waals surface area contributed by atoms with E-state index in [0.29, 0.717) is 6.29 Å². The molecule has 138 valence electrons. The smallest absolute Gasteiger partial charge is 0.314 e.